The van der Waals surface area contributed by atoms with Crippen LogP contribution in [-0.2, 0) is 18.4 Å². The van der Waals surface area contributed by atoms with Gasteiger partial charge in [0.2, 0.25) is 5.91 Å². The first-order valence-corrected chi connectivity index (χ1v) is 9.07. The Morgan fingerprint density at radius 2 is 1.96 bits per heavy atom. The number of carbonyl (C=O) groups is 1. The standard InChI is InChI=1S/C16H21ClNO4P/c1-4-12-18(15(19)13-17)16(23(20,21-2)22-3)11-10-14-8-6-5-7-9-14/h4-11,16H,1,12-13H2,2-3H3/b11-10+. The molecular formula is C16H21ClNO4P. The lowest BCUT2D eigenvalue weighted by Gasteiger charge is -2.32. The molecular weight excluding hydrogens is 337 g/mol. The van der Waals surface area contributed by atoms with Crippen molar-refractivity contribution in [2.75, 3.05) is 26.6 Å². The molecule has 0 fully saturated rings. The molecule has 0 aromatic heterocycles. The third-order valence-corrected chi connectivity index (χ3v) is 5.52. The number of carbonyl (C=O) groups excluding carboxylic acids is 1. The van der Waals surface area contributed by atoms with Crippen molar-refractivity contribution in [3.63, 3.8) is 0 Å². The van der Waals surface area contributed by atoms with Gasteiger partial charge >= 0.3 is 7.60 Å². The van der Waals surface area contributed by atoms with E-state index in [1.54, 1.807) is 12.2 Å². The molecule has 0 aliphatic carbocycles. The summed E-state index contributed by atoms with van der Waals surface area (Å²) in [5.74, 6) is -1.53. The lowest BCUT2D eigenvalue weighted by molar-refractivity contribution is -0.128. The number of benzene rings is 1. The van der Waals surface area contributed by atoms with E-state index in [1.165, 1.54) is 25.2 Å². The van der Waals surface area contributed by atoms with Crippen molar-refractivity contribution in [1.82, 2.24) is 4.90 Å². The number of amides is 1. The Kier molecular flexibility index (Phi) is 8.28. The first kappa shape index (κ1) is 19.7. The minimum Gasteiger partial charge on any atom is -0.320 e. The van der Waals surface area contributed by atoms with E-state index in [9.17, 15) is 9.36 Å². The van der Waals surface area contributed by atoms with Crippen LogP contribution in [0.15, 0.2) is 49.1 Å². The Hall–Kier alpha value is -1.39. The van der Waals surface area contributed by atoms with Crippen molar-refractivity contribution in [3.05, 3.63) is 54.6 Å². The molecule has 0 saturated heterocycles. The maximum atomic E-state index is 12.8. The number of halogens is 1. The fourth-order valence-corrected chi connectivity index (χ4v) is 3.60. The van der Waals surface area contributed by atoms with Gasteiger partial charge in [0, 0.05) is 20.8 Å². The van der Waals surface area contributed by atoms with Crippen LogP contribution in [0.25, 0.3) is 6.08 Å². The zero-order valence-corrected chi connectivity index (χ0v) is 14.9. The summed E-state index contributed by atoms with van der Waals surface area (Å²) in [6, 6.07) is 9.43. The highest BCUT2D eigenvalue weighted by Gasteiger charge is 2.38. The monoisotopic (exact) mass is 357 g/mol. The van der Waals surface area contributed by atoms with Crippen LogP contribution in [-0.4, -0.2) is 43.2 Å². The van der Waals surface area contributed by atoms with Gasteiger partial charge in [-0.2, -0.15) is 0 Å². The zero-order chi connectivity index (χ0) is 17.3. The molecule has 5 nitrogen and oxygen atoms in total. The second-order valence-corrected chi connectivity index (χ2v) is 7.16. The van der Waals surface area contributed by atoms with E-state index in [2.05, 4.69) is 6.58 Å². The van der Waals surface area contributed by atoms with E-state index in [0.29, 0.717) is 0 Å². The molecule has 0 radical (unpaired) electrons. The van der Waals surface area contributed by atoms with Crippen molar-refractivity contribution in [3.8, 4) is 0 Å². The van der Waals surface area contributed by atoms with Crippen LogP contribution < -0.4 is 0 Å². The third-order valence-electron chi connectivity index (χ3n) is 3.17. The van der Waals surface area contributed by atoms with Gasteiger partial charge in [-0.05, 0) is 11.6 Å². The summed E-state index contributed by atoms with van der Waals surface area (Å²) in [6.45, 7) is 3.79. The maximum absolute atomic E-state index is 12.8. The van der Waals surface area contributed by atoms with Gasteiger partial charge in [0.05, 0.1) is 0 Å². The number of hydrogen-bond donors (Lipinski definition) is 0. The molecule has 0 spiro atoms. The highest BCUT2D eigenvalue weighted by Crippen LogP contribution is 2.53. The molecule has 0 saturated carbocycles. The molecule has 1 aromatic carbocycles. The van der Waals surface area contributed by atoms with Crippen LogP contribution in [0.5, 0.6) is 0 Å². The first-order chi connectivity index (χ1) is 11.0. The largest absolute Gasteiger partial charge is 0.356 e. The molecule has 23 heavy (non-hydrogen) atoms. The molecule has 1 rings (SSSR count). The van der Waals surface area contributed by atoms with Crippen LogP contribution in [0.1, 0.15) is 5.56 Å². The number of alkyl halides is 1. The second kappa shape index (κ2) is 9.68. The Morgan fingerprint density at radius 3 is 2.43 bits per heavy atom. The van der Waals surface area contributed by atoms with Crippen molar-refractivity contribution in [1.29, 1.82) is 0 Å². The predicted molar refractivity (Wildman–Crippen MR) is 93.5 cm³/mol. The minimum atomic E-state index is -3.57. The average molecular weight is 358 g/mol. The SMILES string of the molecule is C=CCN(C(=O)CCl)C(/C=C/c1ccccc1)P(=O)(OC)OC. The van der Waals surface area contributed by atoms with E-state index >= 15 is 0 Å². The maximum Gasteiger partial charge on any atom is 0.356 e. The molecule has 1 atom stereocenters. The van der Waals surface area contributed by atoms with Crippen molar-refractivity contribution in [2.24, 2.45) is 0 Å². The van der Waals surface area contributed by atoms with Gasteiger partial charge in [-0.15, -0.1) is 18.2 Å². The Morgan fingerprint density at radius 1 is 1.35 bits per heavy atom. The van der Waals surface area contributed by atoms with Gasteiger partial charge in [0.1, 0.15) is 5.88 Å². The Bertz CT molecular complexity index is 583. The molecule has 7 heteroatoms. The summed E-state index contributed by atoms with van der Waals surface area (Å²) >= 11 is 5.66. The highest BCUT2D eigenvalue weighted by atomic mass is 35.5. The van der Waals surface area contributed by atoms with Crippen LogP contribution in [0.3, 0.4) is 0 Å². The van der Waals surface area contributed by atoms with Gasteiger partial charge in [0.25, 0.3) is 0 Å². The average Bonchev–Trinajstić information content (AvgIpc) is 2.60. The lowest BCUT2D eigenvalue weighted by Crippen LogP contribution is -2.40. The van der Waals surface area contributed by atoms with E-state index in [1.807, 2.05) is 30.3 Å². The van der Waals surface area contributed by atoms with Gasteiger partial charge in [-0.1, -0.05) is 42.5 Å². The fraction of sp³-hybridized carbons (Fsp3) is 0.312. The molecule has 0 bridgehead atoms. The highest BCUT2D eigenvalue weighted by molar-refractivity contribution is 7.54. The number of nitrogens with zero attached hydrogens (tertiary/aromatic N) is 1. The van der Waals surface area contributed by atoms with Crippen molar-refractivity contribution < 1.29 is 18.4 Å². The minimum absolute atomic E-state index is 0.173. The van der Waals surface area contributed by atoms with Gasteiger partial charge in [0.15, 0.2) is 5.78 Å². The summed E-state index contributed by atoms with van der Waals surface area (Å²) in [7, 11) is -1.00. The molecule has 0 N–H and O–H groups in total. The van der Waals surface area contributed by atoms with Gasteiger partial charge in [-0.3, -0.25) is 9.36 Å². The Balaban J connectivity index is 3.24. The zero-order valence-electron chi connectivity index (χ0n) is 13.2. The molecule has 1 unspecified atom stereocenters. The summed E-state index contributed by atoms with van der Waals surface area (Å²) in [6.07, 6.45) is 4.91. The quantitative estimate of drug-likeness (QED) is 0.383. The number of rotatable bonds is 9. The van der Waals surface area contributed by atoms with Crippen LogP contribution in [0.4, 0.5) is 0 Å². The molecule has 0 heterocycles. The molecule has 0 aliphatic heterocycles. The summed E-state index contributed by atoms with van der Waals surface area (Å²) < 4.78 is 23.0. The van der Waals surface area contributed by atoms with Gasteiger partial charge < -0.3 is 13.9 Å². The first-order valence-electron chi connectivity index (χ1n) is 6.93. The topological polar surface area (TPSA) is 55.8 Å². The van der Waals surface area contributed by atoms with Crippen molar-refractivity contribution >= 4 is 31.2 Å². The molecule has 126 valence electrons. The van der Waals surface area contributed by atoms with E-state index in [-0.39, 0.29) is 18.3 Å². The fourth-order valence-electron chi connectivity index (χ4n) is 2.01. The van der Waals surface area contributed by atoms with Crippen LogP contribution in [0.2, 0.25) is 0 Å². The van der Waals surface area contributed by atoms with Crippen molar-refractivity contribution in [2.45, 2.75) is 5.78 Å². The lowest BCUT2D eigenvalue weighted by atomic mass is 10.2. The molecule has 1 aromatic rings. The summed E-state index contributed by atoms with van der Waals surface area (Å²) in [5, 5.41) is 0. The Labute approximate surface area is 142 Å². The van der Waals surface area contributed by atoms with Gasteiger partial charge in [-0.25, -0.2) is 0 Å². The third kappa shape index (κ3) is 5.33. The van der Waals surface area contributed by atoms with Crippen LogP contribution in [0, 0.1) is 0 Å². The van der Waals surface area contributed by atoms with E-state index < -0.39 is 13.4 Å². The predicted octanol–water partition coefficient (Wildman–Crippen LogP) is 3.77. The second-order valence-electron chi connectivity index (χ2n) is 4.56. The molecule has 0 aliphatic rings. The van der Waals surface area contributed by atoms with E-state index in [4.69, 9.17) is 20.6 Å². The number of hydrogen-bond acceptors (Lipinski definition) is 4. The summed E-state index contributed by atoms with van der Waals surface area (Å²) in [4.78, 5) is 13.4. The van der Waals surface area contributed by atoms with Crippen LogP contribution >= 0.6 is 19.2 Å². The molecule has 1 amide bonds. The summed E-state index contributed by atoms with van der Waals surface area (Å²) in [5.41, 5.74) is 0.896. The smallest absolute Gasteiger partial charge is 0.320 e. The normalized spacial score (nSPS) is 13.0. The van der Waals surface area contributed by atoms with E-state index in [0.717, 1.165) is 5.56 Å².